The van der Waals surface area contributed by atoms with E-state index in [1.807, 2.05) is 0 Å². The first-order valence-electron chi connectivity index (χ1n) is 3.14. The van der Waals surface area contributed by atoms with Gasteiger partial charge in [-0.25, -0.2) is 0 Å². The molecule has 0 aromatic rings. The first kappa shape index (κ1) is 10.8. The third-order valence-corrected chi connectivity index (χ3v) is 1.37. The predicted octanol–water partition coefficient (Wildman–Crippen LogP) is 2.53. The summed E-state index contributed by atoms with van der Waals surface area (Å²) in [5, 5.41) is 0. The molecule has 0 amide bonds. The molecule has 66 valence electrons. The standard InChI is InChI=1S/C6H8ClF3O/c7-4-2-1-3-5(11)6(8,9)10/h1-4H2. The van der Waals surface area contributed by atoms with Gasteiger partial charge < -0.3 is 0 Å². The van der Waals surface area contributed by atoms with Crippen molar-refractivity contribution in [2.45, 2.75) is 25.4 Å². The van der Waals surface area contributed by atoms with Crippen LogP contribution in [-0.4, -0.2) is 17.8 Å². The molecule has 0 spiro atoms. The van der Waals surface area contributed by atoms with Crippen molar-refractivity contribution >= 4 is 17.4 Å². The fourth-order valence-electron chi connectivity index (χ4n) is 0.522. The molecule has 0 aromatic carbocycles. The fraction of sp³-hybridized carbons (Fsp3) is 0.833. The Morgan fingerprint density at radius 1 is 1.27 bits per heavy atom. The lowest BCUT2D eigenvalue weighted by Gasteiger charge is -2.02. The van der Waals surface area contributed by atoms with E-state index >= 15 is 0 Å². The highest BCUT2D eigenvalue weighted by atomic mass is 35.5. The molecular weight excluding hydrogens is 181 g/mol. The third kappa shape index (κ3) is 5.07. The molecule has 5 heteroatoms. The predicted molar refractivity (Wildman–Crippen MR) is 35.6 cm³/mol. The summed E-state index contributed by atoms with van der Waals surface area (Å²) in [5.41, 5.74) is 0. The van der Waals surface area contributed by atoms with Gasteiger partial charge in [-0.15, -0.1) is 11.6 Å². The Kier molecular flexibility index (Phi) is 4.49. The van der Waals surface area contributed by atoms with Crippen molar-refractivity contribution in [2.75, 3.05) is 5.88 Å². The van der Waals surface area contributed by atoms with Crippen molar-refractivity contribution in [3.8, 4) is 0 Å². The maximum Gasteiger partial charge on any atom is 0.449 e. The van der Waals surface area contributed by atoms with Crippen LogP contribution in [0.4, 0.5) is 13.2 Å². The lowest BCUT2D eigenvalue weighted by atomic mass is 10.2. The van der Waals surface area contributed by atoms with Crippen molar-refractivity contribution in [2.24, 2.45) is 0 Å². The van der Waals surface area contributed by atoms with Gasteiger partial charge in [-0.1, -0.05) is 0 Å². The molecule has 0 unspecified atom stereocenters. The minimum absolute atomic E-state index is 0.210. The molecule has 0 aromatic heterocycles. The average molecular weight is 189 g/mol. The molecule has 11 heavy (non-hydrogen) atoms. The van der Waals surface area contributed by atoms with Crippen LogP contribution in [0.25, 0.3) is 0 Å². The lowest BCUT2D eigenvalue weighted by Crippen LogP contribution is -2.22. The van der Waals surface area contributed by atoms with E-state index in [0.29, 0.717) is 12.3 Å². The van der Waals surface area contributed by atoms with Gasteiger partial charge in [0.25, 0.3) is 0 Å². The van der Waals surface area contributed by atoms with Crippen molar-refractivity contribution in [1.29, 1.82) is 0 Å². The van der Waals surface area contributed by atoms with Gasteiger partial charge in [-0.2, -0.15) is 13.2 Å². The minimum Gasteiger partial charge on any atom is -0.290 e. The Hall–Kier alpha value is -0.250. The SMILES string of the molecule is O=C(CCCCCl)C(F)(F)F. The molecule has 0 radical (unpaired) electrons. The number of carbonyl (C=O) groups is 1. The number of unbranched alkanes of at least 4 members (excludes halogenated alkanes) is 1. The van der Waals surface area contributed by atoms with Gasteiger partial charge in [-0.3, -0.25) is 4.79 Å². The summed E-state index contributed by atoms with van der Waals surface area (Å²) in [6, 6.07) is 0. The molecule has 0 saturated carbocycles. The Morgan fingerprint density at radius 3 is 2.18 bits per heavy atom. The van der Waals surface area contributed by atoms with E-state index in [4.69, 9.17) is 11.6 Å². The number of hydrogen-bond acceptors (Lipinski definition) is 1. The average Bonchev–Trinajstić information content (AvgIpc) is 1.86. The van der Waals surface area contributed by atoms with Crippen LogP contribution in [0.1, 0.15) is 19.3 Å². The van der Waals surface area contributed by atoms with Gasteiger partial charge in [0.2, 0.25) is 5.78 Å². The van der Waals surface area contributed by atoms with E-state index in [1.165, 1.54) is 0 Å². The molecule has 0 heterocycles. The highest BCUT2D eigenvalue weighted by Gasteiger charge is 2.36. The number of Topliss-reactive ketones (excluding diaryl/α,β-unsaturated/α-hetero) is 1. The zero-order chi connectivity index (χ0) is 8.91. The van der Waals surface area contributed by atoms with E-state index in [0.717, 1.165) is 0 Å². The monoisotopic (exact) mass is 188 g/mol. The summed E-state index contributed by atoms with van der Waals surface area (Å²) >= 11 is 5.21. The van der Waals surface area contributed by atoms with Crippen molar-refractivity contribution in [3.63, 3.8) is 0 Å². The molecule has 0 N–H and O–H groups in total. The van der Waals surface area contributed by atoms with Crippen LogP contribution in [-0.2, 0) is 4.79 Å². The second-order valence-electron chi connectivity index (χ2n) is 2.07. The summed E-state index contributed by atoms with van der Waals surface area (Å²) in [7, 11) is 0. The van der Waals surface area contributed by atoms with Crippen LogP contribution in [0.5, 0.6) is 0 Å². The summed E-state index contributed by atoms with van der Waals surface area (Å²) in [5.74, 6) is -1.37. The molecule has 0 aliphatic heterocycles. The van der Waals surface area contributed by atoms with Crippen LogP contribution in [0.2, 0.25) is 0 Å². The largest absolute Gasteiger partial charge is 0.449 e. The normalized spacial score (nSPS) is 11.6. The van der Waals surface area contributed by atoms with Crippen LogP contribution in [0.3, 0.4) is 0 Å². The van der Waals surface area contributed by atoms with Crippen molar-refractivity contribution in [1.82, 2.24) is 0 Å². The number of carbonyl (C=O) groups excluding carboxylic acids is 1. The van der Waals surface area contributed by atoms with E-state index < -0.39 is 18.4 Å². The summed E-state index contributed by atoms with van der Waals surface area (Å²) in [6.07, 6.45) is -4.46. The third-order valence-electron chi connectivity index (χ3n) is 1.10. The van der Waals surface area contributed by atoms with E-state index in [-0.39, 0.29) is 6.42 Å². The molecule has 0 aliphatic carbocycles. The Bertz CT molecular complexity index is 132. The van der Waals surface area contributed by atoms with Crippen molar-refractivity contribution < 1.29 is 18.0 Å². The molecule has 0 fully saturated rings. The van der Waals surface area contributed by atoms with Crippen LogP contribution in [0, 0.1) is 0 Å². The van der Waals surface area contributed by atoms with Gasteiger partial charge in [0.15, 0.2) is 0 Å². The van der Waals surface area contributed by atoms with E-state index in [1.54, 1.807) is 0 Å². The quantitative estimate of drug-likeness (QED) is 0.490. The van der Waals surface area contributed by atoms with E-state index in [9.17, 15) is 18.0 Å². The minimum atomic E-state index is -4.67. The zero-order valence-electron chi connectivity index (χ0n) is 5.75. The lowest BCUT2D eigenvalue weighted by molar-refractivity contribution is -0.171. The summed E-state index contributed by atoms with van der Waals surface area (Å²) in [6.45, 7) is 0. The van der Waals surface area contributed by atoms with Crippen molar-refractivity contribution in [3.05, 3.63) is 0 Å². The molecule has 0 aliphatic rings. The van der Waals surface area contributed by atoms with Gasteiger partial charge in [-0.05, 0) is 12.8 Å². The second kappa shape index (κ2) is 4.59. The highest BCUT2D eigenvalue weighted by molar-refractivity contribution is 6.17. The number of rotatable bonds is 4. The molecular formula is C6H8ClF3O. The number of ketones is 1. The van der Waals surface area contributed by atoms with Crippen LogP contribution in [0.15, 0.2) is 0 Å². The molecule has 0 rings (SSSR count). The van der Waals surface area contributed by atoms with Gasteiger partial charge in [0, 0.05) is 12.3 Å². The zero-order valence-corrected chi connectivity index (χ0v) is 6.50. The smallest absolute Gasteiger partial charge is 0.290 e. The number of halogens is 4. The summed E-state index contributed by atoms with van der Waals surface area (Å²) in [4.78, 5) is 10.2. The molecule has 0 atom stereocenters. The molecule has 0 bridgehead atoms. The highest BCUT2D eigenvalue weighted by Crippen LogP contribution is 2.19. The fourth-order valence-corrected chi connectivity index (χ4v) is 0.711. The maximum absolute atomic E-state index is 11.5. The number of alkyl halides is 4. The Labute approximate surface area is 67.5 Å². The van der Waals surface area contributed by atoms with Gasteiger partial charge >= 0.3 is 6.18 Å². The Morgan fingerprint density at radius 2 is 1.82 bits per heavy atom. The second-order valence-corrected chi connectivity index (χ2v) is 2.44. The van der Waals surface area contributed by atoms with E-state index in [2.05, 4.69) is 0 Å². The van der Waals surface area contributed by atoms with Crippen LogP contribution < -0.4 is 0 Å². The molecule has 0 saturated heterocycles. The summed E-state index contributed by atoms with van der Waals surface area (Å²) < 4.78 is 34.5. The Balaban J connectivity index is 3.54. The first-order valence-corrected chi connectivity index (χ1v) is 3.68. The van der Waals surface area contributed by atoms with Gasteiger partial charge in [0.05, 0.1) is 0 Å². The van der Waals surface area contributed by atoms with Gasteiger partial charge in [0.1, 0.15) is 0 Å². The number of hydrogen-bond donors (Lipinski definition) is 0. The topological polar surface area (TPSA) is 17.1 Å². The maximum atomic E-state index is 11.5. The first-order chi connectivity index (χ1) is 4.98. The molecule has 1 nitrogen and oxygen atoms in total. The van der Waals surface area contributed by atoms with Crippen LogP contribution >= 0.6 is 11.6 Å².